The van der Waals surface area contributed by atoms with E-state index in [2.05, 4.69) is 15.5 Å². The Kier molecular flexibility index (Phi) is 3.85. The zero-order valence-corrected chi connectivity index (χ0v) is 11.7. The van der Waals surface area contributed by atoms with Crippen LogP contribution >= 0.6 is 0 Å². The van der Waals surface area contributed by atoms with Gasteiger partial charge >= 0.3 is 0 Å². The van der Waals surface area contributed by atoms with Crippen molar-refractivity contribution in [2.45, 2.75) is 25.8 Å². The summed E-state index contributed by atoms with van der Waals surface area (Å²) in [5.41, 5.74) is 0.806. The molecular formula is C14H19N3O2. The van der Waals surface area contributed by atoms with Gasteiger partial charge in [0.25, 0.3) is 0 Å². The molecule has 0 spiro atoms. The summed E-state index contributed by atoms with van der Waals surface area (Å²) in [5.74, 6) is 2.12. The Hall–Kier alpha value is -1.88. The van der Waals surface area contributed by atoms with E-state index in [9.17, 15) is 0 Å². The first-order chi connectivity index (χ1) is 9.05. The minimum Gasteiger partial charge on any atom is -0.497 e. The van der Waals surface area contributed by atoms with Gasteiger partial charge in [0.2, 0.25) is 5.89 Å². The van der Waals surface area contributed by atoms with Crippen LogP contribution in [0.3, 0.4) is 0 Å². The lowest BCUT2D eigenvalue weighted by molar-refractivity contribution is 0.279. The minimum atomic E-state index is -0.314. The molecule has 1 aromatic heterocycles. The van der Waals surface area contributed by atoms with E-state index in [1.807, 2.05) is 45.2 Å². The minimum absolute atomic E-state index is 0.314. The van der Waals surface area contributed by atoms with Crippen LogP contribution in [-0.4, -0.2) is 24.3 Å². The molecule has 0 fully saturated rings. The summed E-state index contributed by atoms with van der Waals surface area (Å²) in [4.78, 5) is 4.42. The molecule has 0 aliphatic heterocycles. The molecule has 19 heavy (non-hydrogen) atoms. The number of hydrogen-bond acceptors (Lipinski definition) is 5. The van der Waals surface area contributed by atoms with E-state index in [-0.39, 0.29) is 5.54 Å². The molecular weight excluding hydrogens is 242 g/mol. The van der Waals surface area contributed by atoms with Crippen LogP contribution in [0.15, 0.2) is 28.8 Å². The topological polar surface area (TPSA) is 60.2 Å². The first kappa shape index (κ1) is 13.5. The van der Waals surface area contributed by atoms with Gasteiger partial charge in [-0.1, -0.05) is 17.3 Å². The maximum Gasteiger partial charge on any atom is 0.246 e. The molecule has 0 amide bonds. The van der Waals surface area contributed by atoms with Crippen LogP contribution in [0.4, 0.5) is 0 Å². The number of ether oxygens (including phenoxy) is 1. The molecule has 0 aliphatic carbocycles. The maximum atomic E-state index is 5.29. The average molecular weight is 261 g/mol. The van der Waals surface area contributed by atoms with Crippen molar-refractivity contribution in [2.24, 2.45) is 0 Å². The predicted octanol–water partition coefficient (Wildman–Crippen LogP) is 2.12. The van der Waals surface area contributed by atoms with Crippen LogP contribution < -0.4 is 10.1 Å². The number of rotatable bonds is 5. The van der Waals surface area contributed by atoms with Crippen molar-refractivity contribution >= 4 is 0 Å². The highest BCUT2D eigenvalue weighted by molar-refractivity contribution is 5.28. The standard InChI is InChI=1S/C14H19N3O2/c1-14(2,15-3)13-16-12(17-19-13)9-10-5-7-11(18-4)8-6-10/h5-8,15H,9H2,1-4H3. The molecule has 0 bridgehead atoms. The van der Waals surface area contributed by atoms with Gasteiger partial charge < -0.3 is 14.6 Å². The van der Waals surface area contributed by atoms with Crippen molar-refractivity contribution in [3.05, 3.63) is 41.5 Å². The number of nitrogens with zero attached hydrogens (tertiary/aromatic N) is 2. The van der Waals surface area contributed by atoms with Gasteiger partial charge in [0, 0.05) is 6.42 Å². The van der Waals surface area contributed by atoms with Gasteiger partial charge in [-0.25, -0.2) is 0 Å². The largest absolute Gasteiger partial charge is 0.497 e. The summed E-state index contributed by atoms with van der Waals surface area (Å²) in [7, 11) is 3.52. The molecule has 2 aromatic rings. The quantitative estimate of drug-likeness (QED) is 0.893. The molecule has 0 unspecified atom stereocenters. The van der Waals surface area contributed by atoms with Crippen LogP contribution in [-0.2, 0) is 12.0 Å². The van der Waals surface area contributed by atoms with Gasteiger partial charge in [-0.2, -0.15) is 4.98 Å². The Morgan fingerprint density at radius 2 is 1.95 bits per heavy atom. The smallest absolute Gasteiger partial charge is 0.246 e. The average Bonchev–Trinajstić information content (AvgIpc) is 2.89. The van der Waals surface area contributed by atoms with E-state index in [1.54, 1.807) is 7.11 Å². The van der Waals surface area contributed by atoms with E-state index in [0.717, 1.165) is 11.3 Å². The molecule has 0 aliphatic rings. The highest BCUT2D eigenvalue weighted by atomic mass is 16.5. The summed E-state index contributed by atoms with van der Waals surface area (Å²) in [6.45, 7) is 4.00. The molecule has 2 rings (SSSR count). The van der Waals surface area contributed by atoms with Crippen LogP contribution in [0.5, 0.6) is 5.75 Å². The molecule has 0 radical (unpaired) electrons. The molecule has 5 heteroatoms. The Labute approximate surface area is 113 Å². The van der Waals surface area contributed by atoms with Gasteiger partial charge in [-0.05, 0) is 38.6 Å². The van der Waals surface area contributed by atoms with E-state index >= 15 is 0 Å². The fraction of sp³-hybridized carbons (Fsp3) is 0.429. The Morgan fingerprint density at radius 1 is 1.26 bits per heavy atom. The number of aromatic nitrogens is 2. The predicted molar refractivity (Wildman–Crippen MR) is 72.2 cm³/mol. The van der Waals surface area contributed by atoms with Crippen molar-refractivity contribution in [1.82, 2.24) is 15.5 Å². The highest BCUT2D eigenvalue weighted by Crippen LogP contribution is 2.18. The number of methoxy groups -OCH3 is 1. The van der Waals surface area contributed by atoms with Gasteiger partial charge in [0.05, 0.1) is 12.6 Å². The normalized spacial score (nSPS) is 11.6. The molecule has 5 nitrogen and oxygen atoms in total. The first-order valence-electron chi connectivity index (χ1n) is 6.20. The van der Waals surface area contributed by atoms with Crippen LogP contribution in [0, 0.1) is 0 Å². The summed E-state index contributed by atoms with van der Waals surface area (Å²) >= 11 is 0. The lowest BCUT2D eigenvalue weighted by atomic mass is 10.1. The zero-order valence-electron chi connectivity index (χ0n) is 11.7. The third kappa shape index (κ3) is 3.12. The lowest BCUT2D eigenvalue weighted by Crippen LogP contribution is -2.33. The van der Waals surface area contributed by atoms with Crippen molar-refractivity contribution in [3.63, 3.8) is 0 Å². The monoisotopic (exact) mass is 261 g/mol. The summed E-state index contributed by atoms with van der Waals surface area (Å²) < 4.78 is 10.4. The SMILES string of the molecule is CNC(C)(C)c1nc(Cc2ccc(OC)cc2)no1. The molecule has 1 aromatic carbocycles. The Bertz CT molecular complexity index is 532. The summed E-state index contributed by atoms with van der Waals surface area (Å²) in [6, 6.07) is 7.85. The summed E-state index contributed by atoms with van der Waals surface area (Å²) in [5, 5.41) is 7.15. The second-order valence-corrected chi connectivity index (χ2v) is 4.92. The Balaban J connectivity index is 2.11. The maximum absolute atomic E-state index is 5.29. The molecule has 1 heterocycles. The zero-order chi connectivity index (χ0) is 13.9. The molecule has 0 atom stereocenters. The van der Waals surface area contributed by atoms with Crippen LogP contribution in [0.2, 0.25) is 0 Å². The van der Waals surface area contributed by atoms with E-state index < -0.39 is 0 Å². The van der Waals surface area contributed by atoms with Crippen molar-refractivity contribution in [1.29, 1.82) is 0 Å². The fourth-order valence-corrected chi connectivity index (χ4v) is 1.61. The Morgan fingerprint density at radius 3 is 2.53 bits per heavy atom. The van der Waals surface area contributed by atoms with E-state index in [4.69, 9.17) is 9.26 Å². The van der Waals surface area contributed by atoms with Crippen molar-refractivity contribution in [3.8, 4) is 5.75 Å². The van der Waals surface area contributed by atoms with Crippen LogP contribution in [0.1, 0.15) is 31.1 Å². The molecule has 0 saturated carbocycles. The van der Waals surface area contributed by atoms with E-state index in [1.165, 1.54) is 0 Å². The van der Waals surface area contributed by atoms with Gasteiger partial charge in [-0.3, -0.25) is 0 Å². The number of nitrogens with one attached hydrogen (secondary N) is 1. The molecule has 0 saturated heterocycles. The van der Waals surface area contributed by atoms with Gasteiger partial charge in [0.1, 0.15) is 5.75 Å². The van der Waals surface area contributed by atoms with Crippen molar-refractivity contribution < 1.29 is 9.26 Å². The second-order valence-electron chi connectivity index (χ2n) is 4.92. The van der Waals surface area contributed by atoms with Crippen molar-refractivity contribution in [2.75, 3.05) is 14.2 Å². The third-order valence-electron chi connectivity index (χ3n) is 3.15. The number of hydrogen-bond donors (Lipinski definition) is 1. The second kappa shape index (κ2) is 5.40. The van der Waals surface area contributed by atoms with Gasteiger partial charge in [0.15, 0.2) is 5.82 Å². The van der Waals surface area contributed by atoms with Crippen LogP contribution in [0.25, 0.3) is 0 Å². The first-order valence-corrected chi connectivity index (χ1v) is 6.20. The highest BCUT2D eigenvalue weighted by Gasteiger charge is 2.25. The van der Waals surface area contributed by atoms with E-state index in [0.29, 0.717) is 18.1 Å². The molecule has 1 N–H and O–H groups in total. The lowest BCUT2D eigenvalue weighted by Gasteiger charge is -2.17. The molecule has 102 valence electrons. The fourth-order valence-electron chi connectivity index (χ4n) is 1.61. The number of benzene rings is 1. The third-order valence-corrected chi connectivity index (χ3v) is 3.15. The summed E-state index contributed by atoms with van der Waals surface area (Å²) in [6.07, 6.45) is 0.646. The van der Waals surface area contributed by atoms with Gasteiger partial charge in [-0.15, -0.1) is 0 Å².